The number of hydrogen-bond acceptors (Lipinski definition) is 4. The minimum absolute atomic E-state index is 0.0340. The van der Waals surface area contributed by atoms with E-state index in [1.54, 1.807) is 24.1 Å². The highest BCUT2D eigenvalue weighted by atomic mass is 32.2. The third-order valence-electron chi connectivity index (χ3n) is 5.46. The van der Waals surface area contributed by atoms with Gasteiger partial charge in [-0.3, -0.25) is 0 Å². The van der Waals surface area contributed by atoms with E-state index >= 15 is 0 Å². The second kappa shape index (κ2) is 8.81. The highest BCUT2D eigenvalue weighted by molar-refractivity contribution is 7.90. The third-order valence-corrected chi connectivity index (χ3v) is 6.79. The summed E-state index contributed by atoms with van der Waals surface area (Å²) in [5, 5.41) is 5.38. The largest absolute Gasteiger partial charge is 0.341 e. The van der Waals surface area contributed by atoms with Crippen molar-refractivity contribution in [2.24, 2.45) is 0 Å². The summed E-state index contributed by atoms with van der Waals surface area (Å²) in [4.78, 5) is 25.8. The summed E-state index contributed by atoms with van der Waals surface area (Å²) in [7, 11) is -2.35. The van der Waals surface area contributed by atoms with Crippen LogP contribution in [0.3, 0.4) is 0 Å². The lowest BCUT2D eigenvalue weighted by atomic mass is 9.96. The van der Waals surface area contributed by atoms with Gasteiger partial charge in [-0.1, -0.05) is 25.3 Å². The number of hydrogen-bond donors (Lipinski definition) is 3. The molecular formula is C19H28N4O4S. The van der Waals surface area contributed by atoms with Crippen molar-refractivity contribution < 1.29 is 18.0 Å². The number of carbonyl (C=O) groups is 2. The number of sulfonamides is 1. The Hall–Kier alpha value is -2.29. The van der Waals surface area contributed by atoms with E-state index in [-0.39, 0.29) is 17.0 Å². The first-order valence-electron chi connectivity index (χ1n) is 9.81. The van der Waals surface area contributed by atoms with E-state index in [4.69, 9.17) is 0 Å². The van der Waals surface area contributed by atoms with Crippen LogP contribution in [0.2, 0.25) is 0 Å². The molecule has 0 unspecified atom stereocenters. The number of carbonyl (C=O) groups excluding carboxylic acids is 2. The average molecular weight is 409 g/mol. The number of fused-ring (bicyclic) bond motifs is 1. The Morgan fingerprint density at radius 2 is 1.71 bits per heavy atom. The molecule has 154 valence electrons. The molecule has 3 rings (SSSR count). The molecule has 1 aromatic rings. The summed E-state index contributed by atoms with van der Waals surface area (Å²) in [6.45, 7) is 1.10. The molecule has 1 aromatic carbocycles. The Kier molecular flexibility index (Phi) is 6.43. The molecule has 3 N–H and O–H groups in total. The lowest BCUT2D eigenvalue weighted by Gasteiger charge is -2.22. The van der Waals surface area contributed by atoms with Gasteiger partial charge in [0.2, 0.25) is 0 Å². The SMILES string of the molecule is CNC(=O)N1CCc2ccc(S(=O)(=O)NC(=O)NC3CCCCC3)cc2CC1. The minimum atomic E-state index is -3.95. The highest BCUT2D eigenvalue weighted by Crippen LogP contribution is 2.21. The maximum atomic E-state index is 12.6. The van der Waals surface area contributed by atoms with Crippen LogP contribution in [0.15, 0.2) is 23.1 Å². The van der Waals surface area contributed by atoms with Gasteiger partial charge in [0.25, 0.3) is 10.0 Å². The van der Waals surface area contributed by atoms with E-state index in [0.29, 0.717) is 25.9 Å². The van der Waals surface area contributed by atoms with Gasteiger partial charge in [0, 0.05) is 26.2 Å². The molecule has 1 saturated carbocycles. The standard InChI is InChI=1S/C19H28N4O4S/c1-20-19(25)23-11-9-14-7-8-17(13-15(14)10-12-23)28(26,27)22-18(24)21-16-5-3-2-4-6-16/h7-8,13,16H,2-6,9-12H2,1H3,(H,20,25)(H2,21,22,24). The molecule has 1 aliphatic carbocycles. The fourth-order valence-electron chi connectivity index (χ4n) is 3.87. The Morgan fingerprint density at radius 1 is 1.04 bits per heavy atom. The van der Waals surface area contributed by atoms with Gasteiger partial charge >= 0.3 is 12.1 Å². The smallest absolute Gasteiger partial charge is 0.328 e. The van der Waals surface area contributed by atoms with Crippen LogP contribution < -0.4 is 15.4 Å². The molecule has 1 fully saturated rings. The molecular weight excluding hydrogens is 380 g/mol. The van der Waals surface area contributed by atoms with Gasteiger partial charge < -0.3 is 15.5 Å². The van der Waals surface area contributed by atoms with Crippen molar-refractivity contribution in [1.29, 1.82) is 0 Å². The van der Waals surface area contributed by atoms with Crippen LogP contribution in [0, 0.1) is 0 Å². The van der Waals surface area contributed by atoms with Gasteiger partial charge in [-0.2, -0.15) is 0 Å². The van der Waals surface area contributed by atoms with Gasteiger partial charge in [-0.15, -0.1) is 0 Å². The van der Waals surface area contributed by atoms with E-state index in [0.717, 1.165) is 43.2 Å². The van der Waals surface area contributed by atoms with Crippen LogP contribution in [-0.4, -0.2) is 51.6 Å². The monoisotopic (exact) mass is 408 g/mol. The molecule has 0 saturated heterocycles. The van der Waals surface area contributed by atoms with Crippen molar-refractivity contribution in [1.82, 2.24) is 20.3 Å². The average Bonchev–Trinajstić information content (AvgIpc) is 2.89. The van der Waals surface area contributed by atoms with Crippen LogP contribution in [-0.2, 0) is 22.9 Å². The van der Waals surface area contributed by atoms with Crippen molar-refractivity contribution in [3.8, 4) is 0 Å². The predicted molar refractivity (Wildman–Crippen MR) is 106 cm³/mol. The number of rotatable bonds is 3. The number of benzene rings is 1. The first-order valence-corrected chi connectivity index (χ1v) is 11.3. The molecule has 0 spiro atoms. The van der Waals surface area contributed by atoms with Gasteiger partial charge in [-0.05, 0) is 48.9 Å². The molecule has 1 aliphatic heterocycles. The molecule has 9 heteroatoms. The summed E-state index contributed by atoms with van der Waals surface area (Å²) in [6, 6.07) is 4.13. The van der Waals surface area contributed by atoms with Gasteiger partial charge in [-0.25, -0.2) is 22.7 Å². The first-order chi connectivity index (χ1) is 13.4. The number of amides is 4. The Bertz CT molecular complexity index is 834. The number of nitrogens with one attached hydrogen (secondary N) is 3. The van der Waals surface area contributed by atoms with Crippen LogP contribution in [0.25, 0.3) is 0 Å². The van der Waals surface area contributed by atoms with Gasteiger partial charge in [0.15, 0.2) is 0 Å². The summed E-state index contributed by atoms with van der Waals surface area (Å²) in [5.74, 6) is 0. The molecule has 1 heterocycles. The van der Waals surface area contributed by atoms with E-state index in [1.165, 1.54) is 6.07 Å². The minimum Gasteiger partial charge on any atom is -0.341 e. The predicted octanol–water partition coefficient (Wildman–Crippen LogP) is 1.75. The first kappa shape index (κ1) is 20.4. The van der Waals surface area contributed by atoms with E-state index in [2.05, 4.69) is 15.4 Å². The number of nitrogens with zero attached hydrogens (tertiary/aromatic N) is 1. The lowest BCUT2D eigenvalue weighted by Crippen LogP contribution is -2.45. The molecule has 0 aromatic heterocycles. The summed E-state index contributed by atoms with van der Waals surface area (Å²) in [5.41, 5.74) is 1.92. The zero-order valence-corrected chi connectivity index (χ0v) is 17.0. The van der Waals surface area contributed by atoms with Crippen molar-refractivity contribution in [2.45, 2.75) is 55.9 Å². The van der Waals surface area contributed by atoms with Gasteiger partial charge in [0.05, 0.1) is 4.90 Å². The highest BCUT2D eigenvalue weighted by Gasteiger charge is 2.23. The van der Waals surface area contributed by atoms with Gasteiger partial charge in [0.1, 0.15) is 0 Å². The molecule has 2 aliphatic rings. The van der Waals surface area contributed by atoms with E-state index in [9.17, 15) is 18.0 Å². The lowest BCUT2D eigenvalue weighted by molar-refractivity contribution is 0.202. The summed E-state index contributed by atoms with van der Waals surface area (Å²) in [6.07, 6.45) is 6.26. The van der Waals surface area contributed by atoms with Crippen molar-refractivity contribution in [2.75, 3.05) is 20.1 Å². The molecule has 4 amide bonds. The second-order valence-corrected chi connectivity index (χ2v) is 9.07. The maximum Gasteiger partial charge on any atom is 0.328 e. The normalized spacial score (nSPS) is 18.0. The van der Waals surface area contributed by atoms with Crippen LogP contribution in [0.4, 0.5) is 9.59 Å². The molecule has 28 heavy (non-hydrogen) atoms. The Labute approximate surface area is 166 Å². The summed E-state index contributed by atoms with van der Waals surface area (Å²) >= 11 is 0. The molecule has 0 radical (unpaired) electrons. The van der Waals surface area contributed by atoms with Crippen LogP contribution in [0.1, 0.15) is 43.2 Å². The van der Waals surface area contributed by atoms with Crippen LogP contribution >= 0.6 is 0 Å². The van der Waals surface area contributed by atoms with Crippen molar-refractivity contribution in [3.05, 3.63) is 29.3 Å². The molecule has 8 nitrogen and oxygen atoms in total. The molecule has 0 atom stereocenters. The van der Waals surface area contributed by atoms with Crippen molar-refractivity contribution in [3.63, 3.8) is 0 Å². The Balaban J connectivity index is 1.67. The maximum absolute atomic E-state index is 12.6. The fourth-order valence-corrected chi connectivity index (χ4v) is 4.84. The van der Waals surface area contributed by atoms with Crippen LogP contribution in [0.5, 0.6) is 0 Å². The molecule has 0 bridgehead atoms. The summed E-state index contributed by atoms with van der Waals surface area (Å²) < 4.78 is 27.4. The zero-order chi connectivity index (χ0) is 20.1. The third kappa shape index (κ3) is 4.95. The Morgan fingerprint density at radius 3 is 2.39 bits per heavy atom. The second-order valence-electron chi connectivity index (χ2n) is 7.39. The quantitative estimate of drug-likeness (QED) is 0.708. The topological polar surface area (TPSA) is 108 Å². The van der Waals surface area contributed by atoms with E-state index in [1.807, 2.05) is 0 Å². The fraction of sp³-hybridized carbons (Fsp3) is 0.579. The van der Waals surface area contributed by atoms with Crippen molar-refractivity contribution >= 4 is 22.1 Å². The zero-order valence-electron chi connectivity index (χ0n) is 16.2. The number of urea groups is 2. The van der Waals surface area contributed by atoms with E-state index < -0.39 is 16.1 Å².